The van der Waals surface area contributed by atoms with Gasteiger partial charge in [-0.2, -0.15) is 0 Å². The lowest BCUT2D eigenvalue weighted by Gasteiger charge is -2.19. The Hall–Kier alpha value is -1.55. The van der Waals surface area contributed by atoms with Crippen molar-refractivity contribution in [1.82, 2.24) is 4.90 Å². The third kappa shape index (κ3) is 3.46. The lowest BCUT2D eigenvalue weighted by molar-refractivity contribution is 0.0779. The van der Waals surface area contributed by atoms with Crippen molar-refractivity contribution in [2.45, 2.75) is 13.3 Å². The molecule has 0 radical (unpaired) electrons. The van der Waals surface area contributed by atoms with Gasteiger partial charge in [0, 0.05) is 33.0 Å². The Morgan fingerprint density at radius 1 is 1.47 bits per heavy atom. The van der Waals surface area contributed by atoms with Gasteiger partial charge < -0.3 is 15.4 Å². The van der Waals surface area contributed by atoms with E-state index in [0.29, 0.717) is 24.4 Å². The Balaban J connectivity index is 2.75. The Kier molecular flexibility index (Phi) is 4.97. The summed E-state index contributed by atoms with van der Waals surface area (Å²) in [5.41, 5.74) is 7.89. The number of hydrogen-bond donors (Lipinski definition) is 1. The van der Waals surface area contributed by atoms with Gasteiger partial charge in [0.05, 0.1) is 5.56 Å². The average molecular weight is 236 g/mol. The fourth-order valence-corrected chi connectivity index (χ4v) is 1.72. The van der Waals surface area contributed by atoms with Gasteiger partial charge in [0.1, 0.15) is 0 Å². The van der Waals surface area contributed by atoms with Gasteiger partial charge >= 0.3 is 0 Å². The van der Waals surface area contributed by atoms with Gasteiger partial charge in [-0.25, -0.2) is 0 Å². The summed E-state index contributed by atoms with van der Waals surface area (Å²) in [7, 11) is 3.44. The summed E-state index contributed by atoms with van der Waals surface area (Å²) in [6, 6.07) is 5.50. The number of nitrogens with two attached hydrogens (primary N) is 1. The molecule has 2 N–H and O–H groups in total. The molecular formula is C13H20N2O2. The molecule has 0 saturated heterocycles. The third-order valence-electron chi connectivity index (χ3n) is 2.71. The lowest BCUT2D eigenvalue weighted by Crippen LogP contribution is -2.29. The van der Waals surface area contributed by atoms with E-state index in [-0.39, 0.29) is 5.91 Å². The standard InChI is InChI=1S/C13H20N2O2/c1-10-6-4-7-11(14)12(10)13(16)15(2)8-5-9-17-3/h4,6-7H,5,8-9,14H2,1-3H3. The summed E-state index contributed by atoms with van der Waals surface area (Å²) in [6.45, 7) is 3.22. The summed E-state index contributed by atoms with van der Waals surface area (Å²) in [5.74, 6) is -0.0308. The minimum atomic E-state index is -0.0308. The molecule has 1 aromatic rings. The maximum atomic E-state index is 12.2. The minimum Gasteiger partial charge on any atom is -0.398 e. The number of aryl methyl sites for hydroxylation is 1. The molecule has 0 heterocycles. The molecule has 0 spiro atoms. The number of nitrogen functional groups attached to an aromatic ring is 1. The molecular weight excluding hydrogens is 216 g/mol. The number of carbonyl (C=O) groups excluding carboxylic acids is 1. The molecule has 0 saturated carbocycles. The van der Waals surface area contributed by atoms with Gasteiger partial charge in [0.25, 0.3) is 5.91 Å². The smallest absolute Gasteiger partial charge is 0.255 e. The van der Waals surface area contributed by atoms with Crippen LogP contribution in [0, 0.1) is 6.92 Å². The second-order valence-corrected chi connectivity index (χ2v) is 4.11. The van der Waals surface area contributed by atoms with Crippen LogP contribution in [-0.4, -0.2) is 38.1 Å². The van der Waals surface area contributed by atoms with E-state index >= 15 is 0 Å². The Morgan fingerprint density at radius 2 is 2.18 bits per heavy atom. The van der Waals surface area contributed by atoms with E-state index in [1.54, 1.807) is 25.1 Å². The summed E-state index contributed by atoms with van der Waals surface area (Å²) >= 11 is 0. The first-order valence-corrected chi connectivity index (χ1v) is 5.67. The number of ether oxygens (including phenoxy) is 1. The number of anilines is 1. The molecule has 1 aromatic carbocycles. The molecule has 0 atom stereocenters. The molecule has 0 aliphatic heterocycles. The van der Waals surface area contributed by atoms with Crippen LogP contribution in [0.3, 0.4) is 0 Å². The molecule has 4 nitrogen and oxygen atoms in total. The molecule has 1 amide bonds. The fourth-order valence-electron chi connectivity index (χ4n) is 1.72. The number of benzene rings is 1. The van der Waals surface area contributed by atoms with Crippen LogP contribution < -0.4 is 5.73 Å². The van der Waals surface area contributed by atoms with E-state index in [2.05, 4.69) is 0 Å². The summed E-state index contributed by atoms with van der Waals surface area (Å²) in [5, 5.41) is 0. The molecule has 17 heavy (non-hydrogen) atoms. The predicted molar refractivity (Wildman–Crippen MR) is 69.0 cm³/mol. The van der Waals surface area contributed by atoms with Crippen molar-refractivity contribution in [2.24, 2.45) is 0 Å². The zero-order valence-electron chi connectivity index (χ0n) is 10.7. The number of carbonyl (C=O) groups is 1. The summed E-state index contributed by atoms with van der Waals surface area (Å²) in [4.78, 5) is 13.9. The van der Waals surface area contributed by atoms with Gasteiger partial charge in [-0.15, -0.1) is 0 Å². The van der Waals surface area contributed by atoms with Crippen LogP contribution in [0.4, 0.5) is 5.69 Å². The van der Waals surface area contributed by atoms with E-state index in [1.807, 2.05) is 19.1 Å². The normalized spacial score (nSPS) is 10.3. The zero-order valence-corrected chi connectivity index (χ0v) is 10.7. The van der Waals surface area contributed by atoms with Crippen molar-refractivity contribution >= 4 is 11.6 Å². The van der Waals surface area contributed by atoms with Gasteiger partial charge in [-0.1, -0.05) is 12.1 Å². The Bertz CT molecular complexity index is 371. The van der Waals surface area contributed by atoms with Crippen LogP contribution in [0.5, 0.6) is 0 Å². The molecule has 0 aliphatic carbocycles. The molecule has 4 heteroatoms. The first-order chi connectivity index (χ1) is 8.07. The lowest BCUT2D eigenvalue weighted by atomic mass is 10.1. The SMILES string of the molecule is COCCCN(C)C(=O)c1c(C)cccc1N. The predicted octanol–water partition coefficient (Wildman–Crippen LogP) is 1.69. The van der Waals surface area contributed by atoms with Gasteiger partial charge in [0.2, 0.25) is 0 Å². The van der Waals surface area contributed by atoms with E-state index in [4.69, 9.17) is 10.5 Å². The number of nitrogens with zero attached hydrogens (tertiary/aromatic N) is 1. The number of amides is 1. The molecule has 0 fully saturated rings. The first-order valence-electron chi connectivity index (χ1n) is 5.67. The van der Waals surface area contributed by atoms with Crippen LogP contribution >= 0.6 is 0 Å². The monoisotopic (exact) mass is 236 g/mol. The number of hydrogen-bond acceptors (Lipinski definition) is 3. The highest BCUT2D eigenvalue weighted by atomic mass is 16.5. The molecule has 94 valence electrons. The Labute approximate surface area is 102 Å². The molecule has 1 rings (SSSR count). The van der Waals surface area contributed by atoms with Crippen molar-refractivity contribution in [1.29, 1.82) is 0 Å². The van der Waals surface area contributed by atoms with Crippen molar-refractivity contribution in [3.63, 3.8) is 0 Å². The second kappa shape index (κ2) is 6.25. The van der Waals surface area contributed by atoms with E-state index in [0.717, 1.165) is 12.0 Å². The third-order valence-corrected chi connectivity index (χ3v) is 2.71. The fraction of sp³-hybridized carbons (Fsp3) is 0.462. The largest absolute Gasteiger partial charge is 0.398 e. The van der Waals surface area contributed by atoms with Crippen molar-refractivity contribution in [3.8, 4) is 0 Å². The van der Waals surface area contributed by atoms with Crippen LogP contribution in [0.25, 0.3) is 0 Å². The van der Waals surface area contributed by atoms with Gasteiger partial charge in [-0.3, -0.25) is 4.79 Å². The first kappa shape index (κ1) is 13.5. The highest BCUT2D eigenvalue weighted by Crippen LogP contribution is 2.18. The van der Waals surface area contributed by atoms with Crippen LogP contribution in [0.1, 0.15) is 22.3 Å². The molecule has 0 aliphatic rings. The summed E-state index contributed by atoms with van der Waals surface area (Å²) < 4.78 is 4.96. The topological polar surface area (TPSA) is 55.6 Å². The second-order valence-electron chi connectivity index (χ2n) is 4.11. The van der Waals surface area contributed by atoms with Crippen LogP contribution in [0.2, 0.25) is 0 Å². The molecule has 0 unspecified atom stereocenters. The Morgan fingerprint density at radius 3 is 2.76 bits per heavy atom. The number of rotatable bonds is 5. The van der Waals surface area contributed by atoms with E-state index in [9.17, 15) is 4.79 Å². The highest BCUT2D eigenvalue weighted by Gasteiger charge is 2.16. The maximum absolute atomic E-state index is 12.2. The van der Waals surface area contributed by atoms with Crippen molar-refractivity contribution in [3.05, 3.63) is 29.3 Å². The molecule has 0 bridgehead atoms. The number of methoxy groups -OCH3 is 1. The van der Waals surface area contributed by atoms with E-state index in [1.165, 1.54) is 0 Å². The maximum Gasteiger partial charge on any atom is 0.255 e. The van der Waals surface area contributed by atoms with Crippen molar-refractivity contribution in [2.75, 3.05) is 33.0 Å². The van der Waals surface area contributed by atoms with Crippen LogP contribution in [0.15, 0.2) is 18.2 Å². The summed E-state index contributed by atoms with van der Waals surface area (Å²) in [6.07, 6.45) is 0.824. The zero-order chi connectivity index (χ0) is 12.8. The highest BCUT2D eigenvalue weighted by molar-refractivity contribution is 6.00. The van der Waals surface area contributed by atoms with Gasteiger partial charge in [0.15, 0.2) is 0 Å². The molecule has 0 aromatic heterocycles. The van der Waals surface area contributed by atoms with E-state index < -0.39 is 0 Å². The van der Waals surface area contributed by atoms with Crippen LogP contribution in [-0.2, 0) is 4.74 Å². The van der Waals surface area contributed by atoms with Gasteiger partial charge in [-0.05, 0) is 25.0 Å². The average Bonchev–Trinajstić information content (AvgIpc) is 2.28. The van der Waals surface area contributed by atoms with Crippen molar-refractivity contribution < 1.29 is 9.53 Å². The quantitative estimate of drug-likeness (QED) is 0.625. The minimum absolute atomic E-state index is 0.0308.